The van der Waals surface area contributed by atoms with Gasteiger partial charge in [-0.2, -0.15) is 0 Å². The van der Waals surface area contributed by atoms with Gasteiger partial charge < -0.3 is 9.47 Å². The number of hydrogen-bond acceptors (Lipinski definition) is 6. The number of sulfonamides is 1. The molecule has 4 heterocycles. The van der Waals surface area contributed by atoms with E-state index in [-0.39, 0.29) is 4.90 Å². The van der Waals surface area contributed by atoms with E-state index >= 15 is 0 Å². The fourth-order valence-corrected chi connectivity index (χ4v) is 6.60. The predicted molar refractivity (Wildman–Crippen MR) is 116 cm³/mol. The number of hydrogen-bond donors (Lipinski definition) is 1. The third-order valence-corrected chi connectivity index (χ3v) is 8.66. The Morgan fingerprint density at radius 3 is 2.57 bits per heavy atom. The lowest BCUT2D eigenvalue weighted by Crippen LogP contribution is -2.58. The molecule has 1 aromatic carbocycles. The van der Waals surface area contributed by atoms with Gasteiger partial charge in [-0.3, -0.25) is 9.80 Å². The quantitative estimate of drug-likeness (QED) is 0.635. The van der Waals surface area contributed by atoms with Gasteiger partial charge in [0.25, 0.3) is 0 Å². The molecular formula is C22H35N3O4S. The molecule has 1 aromatic rings. The number of nitrogens with zero attached hydrogens (tertiary/aromatic N) is 2. The zero-order valence-electron chi connectivity index (χ0n) is 18.1. The number of methoxy groups -OCH3 is 2. The first-order valence-electron chi connectivity index (χ1n) is 11.1. The first-order valence-corrected chi connectivity index (χ1v) is 12.6. The van der Waals surface area contributed by atoms with Gasteiger partial charge >= 0.3 is 0 Å². The van der Waals surface area contributed by atoms with E-state index in [1.54, 1.807) is 38.5 Å². The van der Waals surface area contributed by atoms with Crippen molar-refractivity contribution in [1.82, 2.24) is 14.5 Å². The van der Waals surface area contributed by atoms with Crippen molar-refractivity contribution in [3.63, 3.8) is 0 Å². The van der Waals surface area contributed by atoms with Gasteiger partial charge in [0.05, 0.1) is 18.6 Å². The smallest absolute Gasteiger partial charge is 0.240 e. The van der Waals surface area contributed by atoms with Crippen LogP contribution in [0.3, 0.4) is 0 Å². The molecule has 1 N–H and O–H groups in total. The molecule has 30 heavy (non-hydrogen) atoms. The topological polar surface area (TPSA) is 71.1 Å². The summed E-state index contributed by atoms with van der Waals surface area (Å²) in [4.78, 5) is 5.41. The van der Waals surface area contributed by atoms with E-state index in [1.165, 1.54) is 25.8 Å². The molecule has 5 atom stereocenters. The number of fused-ring (bicyclic) bond motifs is 3. The maximum absolute atomic E-state index is 12.7. The van der Waals surface area contributed by atoms with Gasteiger partial charge in [-0.15, -0.1) is 0 Å². The highest BCUT2D eigenvalue weighted by molar-refractivity contribution is 7.89. The number of ether oxygens (including phenoxy) is 2. The summed E-state index contributed by atoms with van der Waals surface area (Å²) in [5.74, 6) is 2.03. The Morgan fingerprint density at radius 2 is 1.90 bits per heavy atom. The van der Waals surface area contributed by atoms with Crippen LogP contribution in [-0.4, -0.2) is 83.9 Å². The van der Waals surface area contributed by atoms with Crippen LogP contribution in [0.1, 0.15) is 25.7 Å². The summed E-state index contributed by atoms with van der Waals surface area (Å²) < 4.78 is 38.7. The summed E-state index contributed by atoms with van der Waals surface area (Å²) in [6.45, 7) is 5.81. The van der Waals surface area contributed by atoms with Crippen molar-refractivity contribution in [3.8, 4) is 5.75 Å². The standard InChI is InChI=1S/C22H35N3O4S/c1-28-16-19-4-3-10-24(19)14-18-15-25-11-9-17(18)12-20(25)13-23-30(26,27)22-7-5-21(29-2)6-8-22/h5-8,17-20,23H,3-4,9-16H2,1-2H3/t17-,18-,19+,20+/m0/s1. The second-order valence-corrected chi connectivity index (χ2v) is 10.7. The van der Waals surface area contributed by atoms with E-state index in [1.807, 2.05) is 0 Å². The van der Waals surface area contributed by atoms with Crippen molar-refractivity contribution in [2.45, 2.75) is 42.7 Å². The van der Waals surface area contributed by atoms with Gasteiger partial charge in [0.1, 0.15) is 5.75 Å². The van der Waals surface area contributed by atoms with Gasteiger partial charge in [-0.05, 0) is 74.9 Å². The van der Waals surface area contributed by atoms with E-state index < -0.39 is 10.0 Å². The first-order chi connectivity index (χ1) is 14.5. The van der Waals surface area contributed by atoms with Gasteiger partial charge in [-0.25, -0.2) is 13.1 Å². The van der Waals surface area contributed by atoms with E-state index in [9.17, 15) is 8.42 Å². The van der Waals surface area contributed by atoms with Crippen molar-refractivity contribution >= 4 is 10.0 Å². The van der Waals surface area contributed by atoms with E-state index in [0.29, 0.717) is 36.2 Å². The zero-order valence-corrected chi connectivity index (χ0v) is 18.9. The van der Waals surface area contributed by atoms with E-state index in [2.05, 4.69) is 14.5 Å². The molecule has 8 heteroatoms. The lowest BCUT2D eigenvalue weighted by Gasteiger charge is -2.51. The normalized spacial score (nSPS) is 31.9. The minimum atomic E-state index is -3.50. The molecule has 0 saturated carbocycles. The van der Waals surface area contributed by atoms with Crippen LogP contribution < -0.4 is 9.46 Å². The summed E-state index contributed by atoms with van der Waals surface area (Å²) in [6, 6.07) is 7.41. The largest absolute Gasteiger partial charge is 0.497 e. The molecule has 0 aromatic heterocycles. The van der Waals surface area contributed by atoms with Crippen molar-refractivity contribution in [1.29, 1.82) is 0 Å². The summed E-state index contributed by atoms with van der Waals surface area (Å²) in [5.41, 5.74) is 0. The van der Waals surface area contributed by atoms with Crippen LogP contribution in [0.4, 0.5) is 0 Å². The average Bonchev–Trinajstić information content (AvgIpc) is 3.20. The van der Waals surface area contributed by atoms with Crippen molar-refractivity contribution in [3.05, 3.63) is 24.3 Å². The molecule has 4 fully saturated rings. The van der Waals surface area contributed by atoms with E-state index in [0.717, 1.165) is 32.7 Å². The van der Waals surface area contributed by atoms with E-state index in [4.69, 9.17) is 9.47 Å². The van der Waals surface area contributed by atoms with Gasteiger partial charge in [0.15, 0.2) is 0 Å². The third-order valence-electron chi connectivity index (χ3n) is 7.22. The van der Waals surface area contributed by atoms with Crippen molar-refractivity contribution in [2.24, 2.45) is 11.8 Å². The molecule has 4 saturated heterocycles. The van der Waals surface area contributed by atoms with Gasteiger partial charge in [-0.1, -0.05) is 0 Å². The minimum Gasteiger partial charge on any atom is -0.497 e. The summed E-state index contributed by atoms with van der Waals surface area (Å²) >= 11 is 0. The monoisotopic (exact) mass is 437 g/mol. The molecule has 0 aliphatic carbocycles. The Bertz CT molecular complexity index is 801. The molecule has 4 aliphatic heterocycles. The zero-order chi connectivity index (χ0) is 21.1. The maximum atomic E-state index is 12.7. The lowest BCUT2D eigenvalue weighted by atomic mass is 9.75. The van der Waals surface area contributed by atoms with Gasteiger partial charge in [0, 0.05) is 38.8 Å². The maximum Gasteiger partial charge on any atom is 0.240 e. The average molecular weight is 438 g/mol. The molecule has 0 radical (unpaired) electrons. The predicted octanol–water partition coefficient (Wildman–Crippen LogP) is 1.79. The second-order valence-electron chi connectivity index (χ2n) is 8.97. The fraction of sp³-hybridized carbons (Fsp3) is 0.727. The molecule has 168 valence electrons. The van der Waals surface area contributed by atoms with Crippen molar-refractivity contribution < 1.29 is 17.9 Å². The minimum absolute atomic E-state index is 0.287. The molecule has 1 unspecified atom stereocenters. The Hall–Kier alpha value is -1.19. The molecule has 0 spiro atoms. The summed E-state index contributed by atoms with van der Waals surface area (Å²) in [7, 11) is -0.135. The Morgan fingerprint density at radius 1 is 1.10 bits per heavy atom. The Labute approximate surface area is 180 Å². The third kappa shape index (κ3) is 4.83. The SMILES string of the molecule is COC[C@H]1CCCN1C[C@H]1CN2CC[C@H]1C[C@@H]2CNS(=O)(=O)c1ccc(OC)cc1. The van der Waals surface area contributed by atoms with Crippen LogP contribution in [0.15, 0.2) is 29.2 Å². The molecule has 7 nitrogen and oxygen atoms in total. The van der Waals surface area contributed by atoms with Crippen LogP contribution in [0.25, 0.3) is 0 Å². The van der Waals surface area contributed by atoms with Crippen LogP contribution in [0.2, 0.25) is 0 Å². The highest BCUT2D eigenvalue weighted by Crippen LogP contribution is 2.37. The lowest BCUT2D eigenvalue weighted by molar-refractivity contribution is -0.0156. The number of likely N-dealkylation sites (tertiary alicyclic amines) is 1. The molecule has 0 amide bonds. The number of benzene rings is 1. The number of piperidine rings is 3. The molecule has 2 bridgehead atoms. The fourth-order valence-electron chi connectivity index (χ4n) is 5.53. The molecular weight excluding hydrogens is 402 g/mol. The van der Waals surface area contributed by atoms with Crippen LogP contribution >= 0.6 is 0 Å². The number of rotatable bonds is 9. The molecule has 5 rings (SSSR count). The second kappa shape index (κ2) is 9.53. The summed E-state index contributed by atoms with van der Waals surface area (Å²) in [6.07, 6.45) is 4.82. The van der Waals surface area contributed by atoms with Crippen LogP contribution in [-0.2, 0) is 14.8 Å². The Balaban J connectivity index is 1.31. The van der Waals surface area contributed by atoms with Crippen molar-refractivity contribution in [2.75, 3.05) is 53.6 Å². The van der Waals surface area contributed by atoms with Gasteiger partial charge in [0.2, 0.25) is 10.0 Å². The Kier molecular flexibility index (Phi) is 6.99. The van der Waals surface area contributed by atoms with Crippen LogP contribution in [0.5, 0.6) is 5.75 Å². The molecule has 4 aliphatic rings. The highest BCUT2D eigenvalue weighted by atomic mass is 32.2. The first kappa shape index (κ1) is 22.0. The number of nitrogens with one attached hydrogen (secondary N) is 1. The highest BCUT2D eigenvalue weighted by Gasteiger charge is 2.41. The summed E-state index contributed by atoms with van der Waals surface area (Å²) in [5, 5.41) is 0. The van der Waals surface area contributed by atoms with Crippen LogP contribution in [0, 0.1) is 11.8 Å².